The fourth-order valence-electron chi connectivity index (χ4n) is 1.51. The Morgan fingerprint density at radius 2 is 2.28 bits per heavy atom. The molecule has 1 aromatic carbocycles. The maximum Gasteiger partial charge on any atom is 0.170 e. The van der Waals surface area contributed by atoms with Gasteiger partial charge in [-0.25, -0.2) is 4.39 Å². The first-order valence-electron chi connectivity index (χ1n) is 5.52. The number of benzene rings is 1. The molecule has 0 heterocycles. The van der Waals surface area contributed by atoms with Gasteiger partial charge in [0.05, 0.1) is 0 Å². The molecule has 0 amide bonds. The van der Waals surface area contributed by atoms with E-state index in [1.807, 2.05) is 13.3 Å². The highest BCUT2D eigenvalue weighted by Crippen LogP contribution is 2.12. The first-order valence-corrected chi connectivity index (χ1v) is 6.91. The van der Waals surface area contributed by atoms with Crippen LogP contribution in [0.2, 0.25) is 0 Å². The molecule has 0 unspecified atom stereocenters. The van der Waals surface area contributed by atoms with Gasteiger partial charge < -0.3 is 15.8 Å². The van der Waals surface area contributed by atoms with Crippen molar-refractivity contribution in [2.24, 2.45) is 10.9 Å². The predicted octanol–water partition coefficient (Wildman–Crippen LogP) is 1.72. The van der Waals surface area contributed by atoms with Crippen LogP contribution in [0.3, 0.4) is 0 Å². The van der Waals surface area contributed by atoms with Crippen molar-refractivity contribution in [2.75, 3.05) is 25.6 Å². The first-order chi connectivity index (χ1) is 8.58. The fraction of sp³-hybridized carbons (Fsp3) is 0.417. The van der Waals surface area contributed by atoms with E-state index in [4.69, 9.17) is 10.9 Å². The number of halogens is 1. The Balaban J connectivity index is 2.74. The van der Waals surface area contributed by atoms with Crippen LogP contribution >= 0.6 is 11.8 Å². The Labute approximate surface area is 111 Å². The van der Waals surface area contributed by atoms with Crippen LogP contribution in [-0.4, -0.2) is 41.5 Å². The third-order valence-electron chi connectivity index (χ3n) is 2.57. The van der Waals surface area contributed by atoms with E-state index in [0.29, 0.717) is 17.7 Å². The summed E-state index contributed by atoms with van der Waals surface area (Å²) in [6.45, 7) is 1.45. The predicted molar refractivity (Wildman–Crippen MR) is 73.6 cm³/mol. The van der Waals surface area contributed by atoms with E-state index in [-0.39, 0.29) is 11.7 Å². The van der Waals surface area contributed by atoms with Crippen LogP contribution in [0.1, 0.15) is 11.1 Å². The summed E-state index contributed by atoms with van der Waals surface area (Å²) in [7, 11) is 1.95. The summed E-state index contributed by atoms with van der Waals surface area (Å²) in [5.74, 6) is 0.589. The standard InChI is InChI=1S/C12H18FN3OS/c1-16(5-6-18-2)8-10-4-3-9(7-11(10)13)12(14)15-17/h3-4,7,17H,5-6,8H2,1-2H3,(H2,14,15). The molecule has 0 bridgehead atoms. The van der Waals surface area contributed by atoms with Gasteiger partial charge in [0.2, 0.25) is 0 Å². The number of rotatable bonds is 6. The van der Waals surface area contributed by atoms with Crippen LogP contribution < -0.4 is 5.73 Å². The molecule has 0 aliphatic rings. The van der Waals surface area contributed by atoms with Crippen molar-refractivity contribution >= 4 is 17.6 Å². The van der Waals surface area contributed by atoms with Crippen molar-refractivity contribution in [3.63, 3.8) is 0 Å². The van der Waals surface area contributed by atoms with Gasteiger partial charge in [-0.15, -0.1) is 0 Å². The number of nitrogens with zero attached hydrogens (tertiary/aromatic N) is 2. The second-order valence-electron chi connectivity index (χ2n) is 4.02. The van der Waals surface area contributed by atoms with Crippen LogP contribution in [0, 0.1) is 5.82 Å². The summed E-state index contributed by atoms with van der Waals surface area (Å²) in [4.78, 5) is 2.05. The van der Waals surface area contributed by atoms with Crippen molar-refractivity contribution < 1.29 is 9.60 Å². The molecule has 0 aliphatic heterocycles. The largest absolute Gasteiger partial charge is 0.409 e. The van der Waals surface area contributed by atoms with Crippen molar-refractivity contribution in [3.8, 4) is 0 Å². The number of hydrogen-bond donors (Lipinski definition) is 2. The summed E-state index contributed by atoms with van der Waals surface area (Å²) in [5, 5.41) is 11.4. The van der Waals surface area contributed by atoms with E-state index in [1.165, 1.54) is 6.07 Å². The fourth-order valence-corrected chi connectivity index (χ4v) is 2.00. The van der Waals surface area contributed by atoms with E-state index < -0.39 is 0 Å². The molecule has 18 heavy (non-hydrogen) atoms. The normalized spacial score (nSPS) is 12.1. The second-order valence-corrected chi connectivity index (χ2v) is 5.01. The molecule has 1 aromatic rings. The van der Waals surface area contributed by atoms with E-state index >= 15 is 0 Å². The average Bonchev–Trinajstić information content (AvgIpc) is 2.37. The van der Waals surface area contributed by atoms with Gasteiger partial charge in [-0.3, -0.25) is 0 Å². The van der Waals surface area contributed by atoms with E-state index in [1.54, 1.807) is 23.9 Å². The summed E-state index contributed by atoms with van der Waals surface area (Å²) in [5.41, 5.74) is 6.39. The SMILES string of the molecule is CSCCN(C)Cc1ccc(/C(N)=N/O)cc1F. The molecule has 0 saturated heterocycles. The Morgan fingerprint density at radius 3 is 2.83 bits per heavy atom. The number of oxime groups is 1. The number of hydrogen-bond acceptors (Lipinski definition) is 4. The number of amidine groups is 1. The van der Waals surface area contributed by atoms with Crippen molar-refractivity contribution in [3.05, 3.63) is 35.1 Å². The second kappa shape index (κ2) is 7.23. The van der Waals surface area contributed by atoms with Gasteiger partial charge in [0.1, 0.15) is 5.82 Å². The van der Waals surface area contributed by atoms with Crippen molar-refractivity contribution in [1.82, 2.24) is 4.90 Å². The maximum atomic E-state index is 13.8. The van der Waals surface area contributed by atoms with Crippen LogP contribution in [0.4, 0.5) is 4.39 Å². The minimum atomic E-state index is -0.338. The van der Waals surface area contributed by atoms with Crippen LogP contribution in [-0.2, 0) is 6.54 Å². The van der Waals surface area contributed by atoms with Gasteiger partial charge in [-0.1, -0.05) is 17.3 Å². The minimum absolute atomic E-state index is 0.0869. The lowest BCUT2D eigenvalue weighted by Crippen LogP contribution is -2.21. The minimum Gasteiger partial charge on any atom is -0.409 e. The molecule has 100 valence electrons. The molecule has 0 spiro atoms. The molecule has 0 aliphatic carbocycles. The van der Waals surface area contributed by atoms with Gasteiger partial charge in [0, 0.05) is 30.0 Å². The van der Waals surface area contributed by atoms with Crippen molar-refractivity contribution in [2.45, 2.75) is 6.54 Å². The Morgan fingerprint density at radius 1 is 1.56 bits per heavy atom. The average molecular weight is 271 g/mol. The monoisotopic (exact) mass is 271 g/mol. The third kappa shape index (κ3) is 4.19. The first kappa shape index (κ1) is 14.8. The van der Waals surface area contributed by atoms with Crippen LogP contribution in [0.5, 0.6) is 0 Å². The van der Waals surface area contributed by atoms with Crippen LogP contribution in [0.15, 0.2) is 23.4 Å². The lowest BCUT2D eigenvalue weighted by molar-refractivity contribution is 0.318. The van der Waals surface area contributed by atoms with Crippen molar-refractivity contribution in [1.29, 1.82) is 0 Å². The summed E-state index contributed by atoms with van der Waals surface area (Å²) in [6.07, 6.45) is 2.04. The van der Waals surface area contributed by atoms with Crippen LogP contribution in [0.25, 0.3) is 0 Å². The zero-order valence-corrected chi connectivity index (χ0v) is 11.4. The zero-order chi connectivity index (χ0) is 13.5. The lowest BCUT2D eigenvalue weighted by atomic mass is 10.1. The highest BCUT2D eigenvalue weighted by atomic mass is 32.2. The highest BCUT2D eigenvalue weighted by molar-refractivity contribution is 7.98. The molecular formula is C12H18FN3OS. The third-order valence-corrected chi connectivity index (χ3v) is 3.16. The Hall–Kier alpha value is -1.27. The molecule has 1 rings (SSSR count). The molecule has 0 radical (unpaired) electrons. The zero-order valence-electron chi connectivity index (χ0n) is 10.6. The molecule has 0 atom stereocenters. The van der Waals surface area contributed by atoms with Gasteiger partial charge in [0.15, 0.2) is 5.84 Å². The molecular weight excluding hydrogens is 253 g/mol. The van der Waals surface area contributed by atoms with E-state index in [2.05, 4.69) is 10.1 Å². The molecule has 4 nitrogen and oxygen atoms in total. The van der Waals surface area contributed by atoms with Gasteiger partial charge in [-0.2, -0.15) is 11.8 Å². The number of nitrogens with two attached hydrogens (primary N) is 1. The highest BCUT2D eigenvalue weighted by Gasteiger charge is 2.08. The topological polar surface area (TPSA) is 61.8 Å². The Kier molecular flexibility index (Phi) is 5.94. The van der Waals surface area contributed by atoms with Gasteiger partial charge >= 0.3 is 0 Å². The molecule has 0 fully saturated rings. The van der Waals surface area contributed by atoms with E-state index in [9.17, 15) is 4.39 Å². The quantitative estimate of drug-likeness (QED) is 0.358. The molecule has 6 heteroatoms. The molecule has 0 saturated carbocycles. The lowest BCUT2D eigenvalue weighted by Gasteiger charge is -2.16. The van der Waals surface area contributed by atoms with E-state index in [0.717, 1.165) is 12.3 Å². The number of thioether (sulfide) groups is 1. The van der Waals surface area contributed by atoms with Gasteiger partial charge in [0.25, 0.3) is 0 Å². The summed E-state index contributed by atoms with van der Waals surface area (Å²) >= 11 is 1.76. The molecule has 3 N–H and O–H groups in total. The maximum absolute atomic E-state index is 13.8. The Bertz CT molecular complexity index is 426. The summed E-state index contributed by atoms with van der Waals surface area (Å²) < 4.78 is 13.8. The smallest absolute Gasteiger partial charge is 0.170 e. The summed E-state index contributed by atoms with van der Waals surface area (Å²) in [6, 6.07) is 4.60. The molecule has 0 aromatic heterocycles. The van der Waals surface area contributed by atoms with Gasteiger partial charge in [-0.05, 0) is 19.4 Å².